The molecule has 0 saturated carbocycles. The molecule has 0 unspecified atom stereocenters. The fourth-order valence-electron chi connectivity index (χ4n) is 1.92. The molecule has 6 heteroatoms. The molecule has 0 radical (unpaired) electrons. The third-order valence-corrected chi connectivity index (χ3v) is 3.03. The number of nitrogens with one attached hydrogen (secondary N) is 1. The first-order valence-electron chi connectivity index (χ1n) is 6.65. The molecule has 0 aliphatic carbocycles. The van der Waals surface area contributed by atoms with Crippen LogP contribution in [0.3, 0.4) is 0 Å². The smallest absolute Gasteiger partial charge is 0.148 e. The Hall–Kier alpha value is -1.40. The van der Waals surface area contributed by atoms with Crippen LogP contribution in [0.25, 0.3) is 0 Å². The van der Waals surface area contributed by atoms with E-state index in [1.165, 1.54) is 0 Å². The Bertz CT molecular complexity index is 420. The number of rotatable bonds is 6. The van der Waals surface area contributed by atoms with Crippen molar-refractivity contribution >= 4 is 11.6 Å². The normalized spacial score (nSPS) is 11.2. The SMILES string of the molecule is Cc1c(NN)nc(C(C)C)nc1N(CCO)C(C)C. The summed E-state index contributed by atoms with van der Waals surface area (Å²) in [4.78, 5) is 11.1. The Morgan fingerprint density at radius 2 is 1.89 bits per heavy atom. The standard InChI is InChI=1S/C13H25N5O/c1-8(2)11-15-12(17-14)10(5)13(16-11)18(6-7-19)9(3)4/h8-9,19H,6-7,14H2,1-5H3,(H,15,16,17). The number of nitrogen functional groups attached to an aromatic ring is 1. The van der Waals surface area contributed by atoms with E-state index in [0.717, 1.165) is 17.2 Å². The fourth-order valence-corrected chi connectivity index (χ4v) is 1.92. The lowest BCUT2D eigenvalue weighted by atomic mass is 10.2. The summed E-state index contributed by atoms with van der Waals surface area (Å²) < 4.78 is 0. The highest BCUT2D eigenvalue weighted by Crippen LogP contribution is 2.26. The van der Waals surface area contributed by atoms with Gasteiger partial charge in [-0.1, -0.05) is 13.8 Å². The second-order valence-corrected chi connectivity index (χ2v) is 5.19. The van der Waals surface area contributed by atoms with Gasteiger partial charge in [0.05, 0.1) is 6.61 Å². The van der Waals surface area contributed by atoms with Crippen LogP contribution in [0, 0.1) is 6.92 Å². The molecule has 4 N–H and O–H groups in total. The van der Waals surface area contributed by atoms with Gasteiger partial charge in [-0.05, 0) is 20.8 Å². The number of aliphatic hydroxyl groups excluding tert-OH is 1. The molecule has 1 aromatic heterocycles. The van der Waals surface area contributed by atoms with Crippen molar-refractivity contribution in [1.82, 2.24) is 9.97 Å². The summed E-state index contributed by atoms with van der Waals surface area (Å²) >= 11 is 0. The molecule has 6 nitrogen and oxygen atoms in total. The molecule has 0 aromatic carbocycles. The third-order valence-electron chi connectivity index (χ3n) is 3.03. The molecule has 1 heterocycles. The predicted molar refractivity (Wildman–Crippen MR) is 78.2 cm³/mol. The summed E-state index contributed by atoms with van der Waals surface area (Å²) in [7, 11) is 0. The van der Waals surface area contributed by atoms with Crippen molar-refractivity contribution < 1.29 is 5.11 Å². The minimum absolute atomic E-state index is 0.0873. The molecule has 0 atom stereocenters. The van der Waals surface area contributed by atoms with E-state index in [4.69, 9.17) is 5.84 Å². The number of hydrogen-bond acceptors (Lipinski definition) is 6. The van der Waals surface area contributed by atoms with Crippen molar-refractivity contribution in [3.05, 3.63) is 11.4 Å². The Morgan fingerprint density at radius 3 is 2.32 bits per heavy atom. The van der Waals surface area contributed by atoms with Crippen molar-refractivity contribution in [3.63, 3.8) is 0 Å². The van der Waals surface area contributed by atoms with Crippen LogP contribution < -0.4 is 16.2 Å². The van der Waals surface area contributed by atoms with Gasteiger partial charge in [0.1, 0.15) is 17.5 Å². The van der Waals surface area contributed by atoms with Gasteiger partial charge < -0.3 is 15.4 Å². The van der Waals surface area contributed by atoms with Crippen molar-refractivity contribution in [3.8, 4) is 0 Å². The average Bonchev–Trinajstić information content (AvgIpc) is 2.36. The average molecular weight is 267 g/mol. The molecule has 19 heavy (non-hydrogen) atoms. The van der Waals surface area contributed by atoms with Gasteiger partial charge in [-0.3, -0.25) is 0 Å². The number of hydrogen-bond donors (Lipinski definition) is 3. The predicted octanol–water partition coefficient (Wildman–Crippen LogP) is 1.40. The second kappa shape index (κ2) is 6.68. The van der Waals surface area contributed by atoms with Gasteiger partial charge in [0.15, 0.2) is 0 Å². The van der Waals surface area contributed by atoms with Gasteiger partial charge in [0.25, 0.3) is 0 Å². The van der Waals surface area contributed by atoms with E-state index in [1.54, 1.807) is 0 Å². The van der Waals surface area contributed by atoms with E-state index in [9.17, 15) is 5.11 Å². The Morgan fingerprint density at radius 1 is 1.26 bits per heavy atom. The highest BCUT2D eigenvalue weighted by atomic mass is 16.3. The molecule has 0 bridgehead atoms. The first kappa shape index (κ1) is 15.7. The topological polar surface area (TPSA) is 87.3 Å². The van der Waals surface area contributed by atoms with Crippen LogP contribution >= 0.6 is 0 Å². The number of anilines is 2. The number of nitrogens with zero attached hydrogens (tertiary/aromatic N) is 3. The lowest BCUT2D eigenvalue weighted by molar-refractivity contribution is 0.298. The first-order chi connectivity index (χ1) is 8.92. The van der Waals surface area contributed by atoms with Crippen LogP contribution in [0.4, 0.5) is 11.6 Å². The quantitative estimate of drug-likeness (QED) is 0.533. The number of aromatic nitrogens is 2. The molecule has 108 valence electrons. The molecule has 0 fully saturated rings. The lowest BCUT2D eigenvalue weighted by Gasteiger charge is -2.29. The maximum absolute atomic E-state index is 9.22. The third kappa shape index (κ3) is 3.54. The van der Waals surface area contributed by atoms with Gasteiger partial charge >= 0.3 is 0 Å². The lowest BCUT2D eigenvalue weighted by Crippen LogP contribution is -2.35. The van der Waals surface area contributed by atoms with Crippen LogP contribution in [0.5, 0.6) is 0 Å². The summed E-state index contributed by atoms with van der Waals surface area (Å²) in [5.41, 5.74) is 3.52. The summed E-state index contributed by atoms with van der Waals surface area (Å²) in [6.07, 6.45) is 0. The van der Waals surface area contributed by atoms with E-state index in [0.29, 0.717) is 12.4 Å². The fraction of sp³-hybridized carbons (Fsp3) is 0.692. The van der Waals surface area contributed by atoms with E-state index in [-0.39, 0.29) is 18.6 Å². The van der Waals surface area contributed by atoms with E-state index >= 15 is 0 Å². The zero-order valence-electron chi connectivity index (χ0n) is 12.4. The van der Waals surface area contributed by atoms with Crippen LogP contribution in [-0.4, -0.2) is 34.3 Å². The van der Waals surface area contributed by atoms with Gasteiger partial charge in [-0.2, -0.15) is 0 Å². The molecular formula is C13H25N5O. The zero-order chi connectivity index (χ0) is 14.6. The van der Waals surface area contributed by atoms with Gasteiger partial charge in [-0.15, -0.1) is 0 Å². The highest BCUT2D eigenvalue weighted by molar-refractivity contribution is 5.58. The first-order valence-corrected chi connectivity index (χ1v) is 6.65. The van der Waals surface area contributed by atoms with E-state index in [1.807, 2.05) is 20.8 Å². The Balaban J connectivity index is 3.33. The number of nitrogens with two attached hydrogens (primary N) is 1. The van der Waals surface area contributed by atoms with Crippen LogP contribution in [-0.2, 0) is 0 Å². The molecule has 1 aromatic rings. The molecule has 0 aliphatic heterocycles. The van der Waals surface area contributed by atoms with Gasteiger partial charge in [0, 0.05) is 24.1 Å². The molecular weight excluding hydrogens is 242 g/mol. The van der Waals surface area contributed by atoms with Crippen LogP contribution in [0.2, 0.25) is 0 Å². The minimum atomic E-state index is 0.0873. The summed E-state index contributed by atoms with van der Waals surface area (Å²) in [5, 5.41) is 9.22. The minimum Gasteiger partial charge on any atom is -0.395 e. The zero-order valence-corrected chi connectivity index (χ0v) is 12.4. The van der Waals surface area contributed by atoms with Crippen LogP contribution in [0.1, 0.15) is 45.0 Å². The van der Waals surface area contributed by atoms with Crippen LogP contribution in [0.15, 0.2) is 0 Å². The maximum Gasteiger partial charge on any atom is 0.148 e. The monoisotopic (exact) mass is 267 g/mol. The van der Waals surface area contributed by atoms with Gasteiger partial charge in [-0.25, -0.2) is 15.8 Å². The van der Waals surface area contributed by atoms with E-state index < -0.39 is 0 Å². The number of aliphatic hydroxyl groups is 1. The molecule has 0 amide bonds. The number of hydrazine groups is 1. The summed E-state index contributed by atoms with van der Waals surface area (Å²) in [6.45, 7) is 10.8. The van der Waals surface area contributed by atoms with E-state index in [2.05, 4.69) is 34.1 Å². The van der Waals surface area contributed by atoms with Gasteiger partial charge in [0.2, 0.25) is 0 Å². The maximum atomic E-state index is 9.22. The van der Waals surface area contributed by atoms with Crippen molar-refractivity contribution in [2.75, 3.05) is 23.5 Å². The molecule has 1 rings (SSSR count). The molecule has 0 aliphatic rings. The van der Waals surface area contributed by atoms with Crippen molar-refractivity contribution in [1.29, 1.82) is 0 Å². The summed E-state index contributed by atoms with van der Waals surface area (Å²) in [6, 6.07) is 0.242. The Labute approximate surface area is 115 Å². The van der Waals surface area contributed by atoms with Crippen molar-refractivity contribution in [2.24, 2.45) is 5.84 Å². The molecule has 0 saturated heterocycles. The highest BCUT2D eigenvalue weighted by Gasteiger charge is 2.19. The summed E-state index contributed by atoms with van der Waals surface area (Å²) in [5.74, 6) is 7.96. The van der Waals surface area contributed by atoms with Crippen molar-refractivity contribution in [2.45, 2.75) is 46.6 Å². The Kier molecular flexibility index (Phi) is 5.50. The largest absolute Gasteiger partial charge is 0.395 e. The molecule has 0 spiro atoms. The second-order valence-electron chi connectivity index (χ2n) is 5.19.